The average Bonchev–Trinajstić information content (AvgIpc) is 3.31. The molecule has 1 saturated heterocycles. The summed E-state index contributed by atoms with van der Waals surface area (Å²) in [6.07, 6.45) is 3.72. The highest BCUT2D eigenvalue weighted by Crippen LogP contribution is 2.48. The molecule has 3 heterocycles. The summed E-state index contributed by atoms with van der Waals surface area (Å²) in [5.41, 5.74) is 2.91. The fourth-order valence-electron chi connectivity index (χ4n) is 4.70. The van der Waals surface area contributed by atoms with Crippen LogP contribution in [0.5, 0.6) is 0 Å². The van der Waals surface area contributed by atoms with Crippen LogP contribution < -0.4 is 5.32 Å². The Morgan fingerprint density at radius 1 is 1.20 bits per heavy atom. The summed E-state index contributed by atoms with van der Waals surface area (Å²) in [7, 11) is -1.90. The number of hydrogen-bond donors (Lipinski definition) is 1. The van der Waals surface area contributed by atoms with Crippen molar-refractivity contribution in [3.63, 3.8) is 0 Å². The van der Waals surface area contributed by atoms with Gasteiger partial charge in [-0.3, -0.25) is 0 Å². The van der Waals surface area contributed by atoms with E-state index >= 15 is 0 Å². The maximum atomic E-state index is 6.57. The second-order valence-corrected chi connectivity index (χ2v) is 16.2. The molecule has 5 rings (SSSR count). The van der Waals surface area contributed by atoms with Gasteiger partial charge in [0.25, 0.3) is 0 Å². The minimum Gasteiger partial charge on any atom is -0.407 e. The summed E-state index contributed by atoms with van der Waals surface area (Å²) in [4.78, 5) is 4.59. The zero-order chi connectivity index (χ0) is 24.8. The molecular weight excluding hydrogens is 452 g/mol. The van der Waals surface area contributed by atoms with Gasteiger partial charge in [0.1, 0.15) is 17.6 Å². The van der Waals surface area contributed by atoms with E-state index in [0.29, 0.717) is 12.5 Å². The molecule has 0 unspecified atom stereocenters. The fraction of sp³-hybridized carbons (Fsp3) is 0.500. The lowest BCUT2D eigenvalue weighted by molar-refractivity contribution is 0.189. The second-order valence-electron chi connectivity index (χ2n) is 11.5. The van der Waals surface area contributed by atoms with Gasteiger partial charge in [-0.2, -0.15) is 0 Å². The Hall–Kier alpha value is -2.66. The Kier molecular flexibility index (Phi) is 6.24. The summed E-state index contributed by atoms with van der Waals surface area (Å²) in [6.45, 7) is 16.2. The van der Waals surface area contributed by atoms with Gasteiger partial charge in [-0.05, 0) is 74.2 Å². The van der Waals surface area contributed by atoms with Gasteiger partial charge in [-0.15, -0.1) is 0 Å². The van der Waals surface area contributed by atoms with E-state index in [1.165, 1.54) is 0 Å². The Balaban J connectivity index is 1.23. The standard InChI is InChI=1S/C28H36N4O2Si/c1-19(34-35(5,6)28(2,3)4)27-30-13-14-32(27)18-22-15-26(33-31-22)21-10-7-20(8-11-21)9-12-23-24-16-29-17-25(23)24/h7-8,10-11,13-15,19,23-25,29H,16-18H2,1-6H3/t19-,23-,24+,25-/m0/s1. The van der Waals surface area contributed by atoms with Crippen LogP contribution >= 0.6 is 0 Å². The number of hydrogen-bond acceptors (Lipinski definition) is 5. The van der Waals surface area contributed by atoms with Crippen molar-refractivity contribution in [1.29, 1.82) is 0 Å². The molecule has 1 aliphatic carbocycles. The Morgan fingerprint density at radius 2 is 1.91 bits per heavy atom. The largest absolute Gasteiger partial charge is 0.407 e. The molecule has 7 heteroatoms. The summed E-state index contributed by atoms with van der Waals surface area (Å²) in [6, 6.07) is 10.2. The molecule has 2 fully saturated rings. The van der Waals surface area contributed by atoms with Crippen LogP contribution in [0.15, 0.2) is 47.2 Å². The van der Waals surface area contributed by atoms with Crippen molar-refractivity contribution in [1.82, 2.24) is 20.0 Å². The molecule has 2 aromatic heterocycles. The maximum absolute atomic E-state index is 6.57. The number of benzene rings is 1. The first-order chi connectivity index (χ1) is 16.6. The van der Waals surface area contributed by atoms with E-state index in [4.69, 9.17) is 8.95 Å². The van der Waals surface area contributed by atoms with Gasteiger partial charge in [0, 0.05) is 35.5 Å². The third-order valence-electron chi connectivity index (χ3n) is 7.92. The monoisotopic (exact) mass is 488 g/mol. The number of imidazole rings is 1. The SMILES string of the molecule is C[C@H](O[Si](C)(C)C(C)(C)C)c1nccn1Cc1cc(-c2ccc(C#C[C@H]3[C@H]4CNC[C@@H]34)cc2)on1. The third-order valence-corrected chi connectivity index (χ3v) is 12.5. The molecule has 4 atom stereocenters. The molecule has 184 valence electrons. The van der Waals surface area contributed by atoms with Crippen molar-refractivity contribution < 1.29 is 8.95 Å². The highest BCUT2D eigenvalue weighted by molar-refractivity contribution is 6.74. The lowest BCUT2D eigenvalue weighted by atomic mass is 10.1. The van der Waals surface area contributed by atoms with Crippen molar-refractivity contribution in [3.05, 3.63) is 59.8 Å². The van der Waals surface area contributed by atoms with E-state index in [0.717, 1.165) is 53.3 Å². The number of nitrogens with zero attached hydrogens (tertiary/aromatic N) is 3. The first kappa shape index (κ1) is 24.0. The topological polar surface area (TPSA) is 65.1 Å². The molecule has 2 aliphatic rings. The maximum Gasteiger partial charge on any atom is 0.193 e. The van der Waals surface area contributed by atoms with Crippen molar-refractivity contribution in [3.8, 4) is 23.2 Å². The van der Waals surface area contributed by atoms with Crippen molar-refractivity contribution in [2.75, 3.05) is 13.1 Å². The normalized spacial score (nSPS) is 22.4. The highest BCUT2D eigenvalue weighted by atomic mass is 28.4. The number of nitrogens with one attached hydrogen (secondary N) is 1. The van der Waals surface area contributed by atoms with E-state index in [-0.39, 0.29) is 11.1 Å². The van der Waals surface area contributed by atoms with Crippen molar-refractivity contribution in [2.45, 2.75) is 58.5 Å². The first-order valence-corrected chi connectivity index (χ1v) is 15.5. The molecule has 35 heavy (non-hydrogen) atoms. The summed E-state index contributed by atoms with van der Waals surface area (Å²) < 4.78 is 14.3. The van der Waals surface area contributed by atoms with Gasteiger partial charge >= 0.3 is 0 Å². The molecule has 0 amide bonds. The van der Waals surface area contributed by atoms with E-state index in [1.54, 1.807) is 0 Å². The van der Waals surface area contributed by atoms with Crippen LogP contribution in [0.2, 0.25) is 18.1 Å². The van der Waals surface area contributed by atoms with Crippen LogP contribution in [0.3, 0.4) is 0 Å². The predicted octanol–water partition coefficient (Wildman–Crippen LogP) is 5.49. The Labute approximate surface area is 209 Å². The molecule has 1 N–H and O–H groups in total. The van der Waals surface area contributed by atoms with Gasteiger partial charge in [0.15, 0.2) is 14.1 Å². The quantitative estimate of drug-likeness (QED) is 0.367. The molecule has 0 spiro atoms. The van der Waals surface area contributed by atoms with E-state index in [1.807, 2.05) is 18.5 Å². The summed E-state index contributed by atoms with van der Waals surface area (Å²) in [5, 5.41) is 7.88. The zero-order valence-electron chi connectivity index (χ0n) is 21.6. The fourth-order valence-corrected chi connectivity index (χ4v) is 6.04. The van der Waals surface area contributed by atoms with Crippen LogP contribution in [0, 0.1) is 29.6 Å². The van der Waals surface area contributed by atoms with Crippen molar-refractivity contribution >= 4 is 8.32 Å². The van der Waals surface area contributed by atoms with Gasteiger partial charge in [-0.1, -0.05) is 37.8 Å². The van der Waals surface area contributed by atoms with Crippen LogP contribution in [0.25, 0.3) is 11.3 Å². The van der Waals surface area contributed by atoms with Crippen LogP contribution in [0.1, 0.15) is 50.9 Å². The molecule has 0 bridgehead atoms. The second kappa shape index (κ2) is 9.09. The molecule has 6 nitrogen and oxygen atoms in total. The Bertz CT molecular complexity index is 1230. The molecule has 0 radical (unpaired) electrons. The van der Waals surface area contributed by atoms with E-state index in [9.17, 15) is 0 Å². The highest BCUT2D eigenvalue weighted by Gasteiger charge is 2.51. The molecular formula is C28H36N4O2Si. The molecule has 1 saturated carbocycles. The smallest absolute Gasteiger partial charge is 0.193 e. The predicted molar refractivity (Wildman–Crippen MR) is 140 cm³/mol. The minimum atomic E-state index is -1.90. The molecule has 1 aliphatic heterocycles. The van der Waals surface area contributed by atoms with Gasteiger partial charge < -0.3 is 18.8 Å². The summed E-state index contributed by atoms with van der Waals surface area (Å²) in [5.74, 6) is 10.6. The van der Waals surface area contributed by atoms with Crippen LogP contribution in [-0.2, 0) is 11.0 Å². The van der Waals surface area contributed by atoms with Crippen LogP contribution in [0.4, 0.5) is 0 Å². The van der Waals surface area contributed by atoms with Gasteiger partial charge in [0.2, 0.25) is 0 Å². The summed E-state index contributed by atoms with van der Waals surface area (Å²) >= 11 is 0. The van der Waals surface area contributed by atoms with Crippen LogP contribution in [-0.4, -0.2) is 36.1 Å². The lowest BCUT2D eigenvalue weighted by Gasteiger charge is -2.38. The first-order valence-electron chi connectivity index (χ1n) is 12.6. The average molecular weight is 489 g/mol. The minimum absolute atomic E-state index is 0.0858. The number of fused-ring (bicyclic) bond motifs is 1. The lowest BCUT2D eigenvalue weighted by Crippen LogP contribution is -2.41. The zero-order valence-corrected chi connectivity index (χ0v) is 22.6. The number of aromatic nitrogens is 3. The van der Waals surface area contributed by atoms with E-state index in [2.05, 4.69) is 96.9 Å². The molecule has 1 aromatic carbocycles. The number of piperidine rings is 1. The Morgan fingerprint density at radius 3 is 2.60 bits per heavy atom. The third kappa shape index (κ3) is 5.01. The van der Waals surface area contributed by atoms with Gasteiger partial charge in [-0.25, -0.2) is 4.98 Å². The van der Waals surface area contributed by atoms with Gasteiger partial charge in [0.05, 0.1) is 6.54 Å². The molecule has 3 aromatic rings. The number of rotatable bonds is 6. The van der Waals surface area contributed by atoms with E-state index < -0.39 is 8.32 Å². The van der Waals surface area contributed by atoms with Crippen molar-refractivity contribution in [2.24, 2.45) is 17.8 Å².